The number of carbonyl (C=O) groups excluding carboxylic acids is 1. The SMILES string of the molecule is CCCC(C)(Nc1ccnc(OC)c1)C(=O)OC. The van der Waals surface area contributed by atoms with Crippen LogP contribution in [-0.4, -0.2) is 30.7 Å². The van der Waals surface area contributed by atoms with Crippen LogP contribution < -0.4 is 10.1 Å². The van der Waals surface area contributed by atoms with Crippen molar-refractivity contribution >= 4 is 11.7 Å². The van der Waals surface area contributed by atoms with Crippen LogP contribution in [0.4, 0.5) is 5.69 Å². The fraction of sp³-hybridized carbons (Fsp3) is 0.538. The van der Waals surface area contributed by atoms with Crippen LogP contribution in [0, 0.1) is 0 Å². The molecule has 0 bridgehead atoms. The molecule has 18 heavy (non-hydrogen) atoms. The average molecular weight is 252 g/mol. The zero-order valence-corrected chi connectivity index (χ0v) is 11.3. The van der Waals surface area contributed by atoms with Crippen molar-refractivity contribution in [1.82, 2.24) is 4.98 Å². The number of aromatic nitrogens is 1. The van der Waals surface area contributed by atoms with Crippen molar-refractivity contribution in [3.05, 3.63) is 18.3 Å². The molecular weight excluding hydrogens is 232 g/mol. The lowest BCUT2D eigenvalue weighted by Gasteiger charge is -2.28. The number of hydrogen-bond donors (Lipinski definition) is 1. The molecule has 0 amide bonds. The van der Waals surface area contributed by atoms with Gasteiger partial charge < -0.3 is 14.8 Å². The number of rotatable bonds is 6. The van der Waals surface area contributed by atoms with E-state index >= 15 is 0 Å². The normalized spacial score (nSPS) is 13.6. The van der Waals surface area contributed by atoms with E-state index in [4.69, 9.17) is 9.47 Å². The van der Waals surface area contributed by atoms with Crippen LogP contribution in [-0.2, 0) is 9.53 Å². The largest absolute Gasteiger partial charge is 0.481 e. The van der Waals surface area contributed by atoms with Crippen LogP contribution in [0.25, 0.3) is 0 Å². The van der Waals surface area contributed by atoms with Gasteiger partial charge in [-0.3, -0.25) is 0 Å². The van der Waals surface area contributed by atoms with E-state index in [1.54, 1.807) is 25.4 Å². The zero-order valence-electron chi connectivity index (χ0n) is 11.3. The number of ether oxygens (including phenoxy) is 2. The van der Waals surface area contributed by atoms with E-state index < -0.39 is 5.54 Å². The van der Waals surface area contributed by atoms with E-state index in [2.05, 4.69) is 10.3 Å². The Morgan fingerprint density at radius 1 is 1.50 bits per heavy atom. The minimum absolute atomic E-state index is 0.278. The molecule has 1 aromatic heterocycles. The minimum Gasteiger partial charge on any atom is -0.481 e. The highest BCUT2D eigenvalue weighted by Crippen LogP contribution is 2.23. The maximum Gasteiger partial charge on any atom is 0.331 e. The monoisotopic (exact) mass is 252 g/mol. The molecule has 0 aromatic carbocycles. The van der Waals surface area contributed by atoms with Crippen LogP contribution in [0.15, 0.2) is 18.3 Å². The zero-order chi connectivity index (χ0) is 13.6. The lowest BCUT2D eigenvalue weighted by atomic mass is 9.96. The molecule has 5 nitrogen and oxygen atoms in total. The van der Waals surface area contributed by atoms with Gasteiger partial charge in [-0.05, 0) is 19.4 Å². The molecule has 1 heterocycles. The fourth-order valence-corrected chi connectivity index (χ4v) is 1.86. The number of carbonyl (C=O) groups is 1. The third-order valence-electron chi connectivity index (χ3n) is 2.75. The first kappa shape index (κ1) is 14.3. The molecule has 1 rings (SSSR count). The Bertz CT molecular complexity index is 409. The van der Waals surface area contributed by atoms with Gasteiger partial charge in [0.2, 0.25) is 5.88 Å². The summed E-state index contributed by atoms with van der Waals surface area (Å²) in [5, 5.41) is 3.19. The molecule has 0 aliphatic heterocycles. The summed E-state index contributed by atoms with van der Waals surface area (Å²) in [5.74, 6) is 0.226. The Hall–Kier alpha value is -1.78. The summed E-state index contributed by atoms with van der Waals surface area (Å²) in [5.41, 5.74) is 0.0405. The lowest BCUT2D eigenvalue weighted by molar-refractivity contribution is -0.145. The number of methoxy groups -OCH3 is 2. The number of esters is 1. The highest BCUT2D eigenvalue weighted by Gasteiger charge is 2.33. The molecule has 1 aromatic rings. The van der Waals surface area contributed by atoms with Gasteiger partial charge in [0, 0.05) is 18.0 Å². The van der Waals surface area contributed by atoms with Gasteiger partial charge in [0.1, 0.15) is 5.54 Å². The van der Waals surface area contributed by atoms with Gasteiger partial charge in [-0.15, -0.1) is 0 Å². The Balaban J connectivity index is 2.92. The summed E-state index contributed by atoms with van der Waals surface area (Å²) >= 11 is 0. The smallest absolute Gasteiger partial charge is 0.331 e. The molecular formula is C13H20N2O3. The summed E-state index contributed by atoms with van der Waals surface area (Å²) < 4.78 is 9.90. The molecule has 1 unspecified atom stereocenters. The second kappa shape index (κ2) is 6.23. The molecule has 0 saturated heterocycles. The van der Waals surface area contributed by atoms with Crippen molar-refractivity contribution in [2.75, 3.05) is 19.5 Å². The highest BCUT2D eigenvalue weighted by atomic mass is 16.5. The summed E-state index contributed by atoms with van der Waals surface area (Å²) in [6.07, 6.45) is 3.19. The second-order valence-corrected chi connectivity index (χ2v) is 4.29. The predicted octanol–water partition coefficient (Wildman–Crippen LogP) is 2.23. The highest BCUT2D eigenvalue weighted by molar-refractivity contribution is 5.84. The quantitative estimate of drug-likeness (QED) is 0.787. The van der Waals surface area contributed by atoms with Gasteiger partial charge in [-0.25, -0.2) is 9.78 Å². The van der Waals surface area contributed by atoms with E-state index in [9.17, 15) is 4.79 Å². The Labute approximate surface area is 108 Å². The summed E-state index contributed by atoms with van der Waals surface area (Å²) in [4.78, 5) is 15.9. The van der Waals surface area contributed by atoms with Crippen molar-refractivity contribution < 1.29 is 14.3 Å². The Morgan fingerprint density at radius 2 is 2.22 bits per heavy atom. The van der Waals surface area contributed by atoms with Crippen LogP contribution >= 0.6 is 0 Å². The fourth-order valence-electron chi connectivity index (χ4n) is 1.86. The number of pyridine rings is 1. The second-order valence-electron chi connectivity index (χ2n) is 4.29. The average Bonchev–Trinajstić information content (AvgIpc) is 2.38. The van der Waals surface area contributed by atoms with Gasteiger partial charge >= 0.3 is 5.97 Å². The van der Waals surface area contributed by atoms with Crippen molar-refractivity contribution in [2.24, 2.45) is 0 Å². The van der Waals surface area contributed by atoms with Crippen molar-refractivity contribution in [3.63, 3.8) is 0 Å². The van der Waals surface area contributed by atoms with E-state index in [0.29, 0.717) is 12.3 Å². The topological polar surface area (TPSA) is 60.5 Å². The lowest BCUT2D eigenvalue weighted by Crippen LogP contribution is -2.44. The maximum absolute atomic E-state index is 11.9. The van der Waals surface area contributed by atoms with Gasteiger partial charge in [-0.2, -0.15) is 0 Å². The third kappa shape index (κ3) is 3.35. The first-order chi connectivity index (χ1) is 8.55. The summed E-state index contributed by atoms with van der Waals surface area (Å²) in [7, 11) is 2.95. The predicted molar refractivity (Wildman–Crippen MR) is 69.7 cm³/mol. The molecule has 0 fully saturated rings. The standard InChI is InChI=1S/C13H20N2O3/c1-5-7-13(2,12(16)18-4)15-10-6-8-14-11(9-10)17-3/h6,8-9H,5,7H2,1-4H3,(H,14,15). The van der Waals surface area contributed by atoms with E-state index in [-0.39, 0.29) is 5.97 Å². The number of nitrogens with zero attached hydrogens (tertiary/aromatic N) is 1. The van der Waals surface area contributed by atoms with Gasteiger partial charge in [0.05, 0.1) is 14.2 Å². The van der Waals surface area contributed by atoms with Crippen LogP contribution in [0.3, 0.4) is 0 Å². The van der Waals surface area contributed by atoms with Crippen LogP contribution in [0.2, 0.25) is 0 Å². The summed E-state index contributed by atoms with van der Waals surface area (Å²) in [6, 6.07) is 3.54. The molecule has 0 aliphatic carbocycles. The molecule has 0 spiro atoms. The number of hydrogen-bond acceptors (Lipinski definition) is 5. The van der Waals surface area contributed by atoms with Gasteiger partial charge in [0.25, 0.3) is 0 Å². The number of nitrogens with one attached hydrogen (secondary N) is 1. The third-order valence-corrected chi connectivity index (χ3v) is 2.75. The van der Waals surface area contributed by atoms with Crippen molar-refractivity contribution in [2.45, 2.75) is 32.2 Å². The van der Waals surface area contributed by atoms with Crippen molar-refractivity contribution in [1.29, 1.82) is 0 Å². The molecule has 0 radical (unpaired) electrons. The number of anilines is 1. The first-order valence-electron chi connectivity index (χ1n) is 5.92. The Kier molecular flexibility index (Phi) is 4.95. The van der Waals surface area contributed by atoms with E-state index in [1.165, 1.54) is 7.11 Å². The van der Waals surface area contributed by atoms with Crippen LogP contribution in [0.1, 0.15) is 26.7 Å². The van der Waals surface area contributed by atoms with Gasteiger partial charge in [-0.1, -0.05) is 13.3 Å². The Morgan fingerprint density at radius 3 is 2.78 bits per heavy atom. The molecule has 5 heteroatoms. The summed E-state index contributed by atoms with van der Waals surface area (Å²) in [6.45, 7) is 3.85. The van der Waals surface area contributed by atoms with Gasteiger partial charge in [0.15, 0.2) is 0 Å². The van der Waals surface area contributed by atoms with E-state index in [1.807, 2.05) is 13.8 Å². The molecule has 0 aliphatic rings. The molecule has 1 N–H and O–H groups in total. The molecule has 100 valence electrons. The molecule has 1 atom stereocenters. The maximum atomic E-state index is 11.9. The first-order valence-corrected chi connectivity index (χ1v) is 5.92. The van der Waals surface area contributed by atoms with Crippen LogP contribution in [0.5, 0.6) is 5.88 Å². The van der Waals surface area contributed by atoms with Crippen molar-refractivity contribution in [3.8, 4) is 5.88 Å². The van der Waals surface area contributed by atoms with E-state index in [0.717, 1.165) is 12.1 Å². The minimum atomic E-state index is -0.740. The molecule has 0 saturated carbocycles.